The molecule has 0 aliphatic heterocycles. The summed E-state index contributed by atoms with van der Waals surface area (Å²) in [6.07, 6.45) is 0. The third-order valence-corrected chi connectivity index (χ3v) is 5.05. The number of ether oxygens (including phenoxy) is 2. The van der Waals surface area contributed by atoms with E-state index in [1.807, 2.05) is 37.3 Å². The molecule has 29 heavy (non-hydrogen) atoms. The molecule has 0 aliphatic carbocycles. The van der Waals surface area contributed by atoms with Gasteiger partial charge in [0.05, 0.1) is 12.3 Å². The summed E-state index contributed by atoms with van der Waals surface area (Å²) < 4.78 is 10.7. The van der Waals surface area contributed by atoms with Crippen LogP contribution < -0.4 is 20.3 Å². The number of nitrogens with one attached hydrogen (secondary N) is 2. The smallest absolute Gasteiger partial charge is 0.281 e. The number of aromatic nitrogens is 1. The number of thiazole rings is 1. The normalized spacial score (nSPS) is 10.3. The molecule has 0 atom stereocenters. The Morgan fingerprint density at radius 2 is 1.62 bits per heavy atom. The van der Waals surface area contributed by atoms with Gasteiger partial charge >= 0.3 is 0 Å². The Hall–Kier alpha value is -3.39. The van der Waals surface area contributed by atoms with Crippen LogP contribution in [0, 0.1) is 6.92 Å². The molecule has 1 heterocycles. The maximum atomic E-state index is 12.4. The van der Waals surface area contributed by atoms with Crippen LogP contribution in [0.25, 0.3) is 10.6 Å². The van der Waals surface area contributed by atoms with Crippen LogP contribution >= 0.6 is 11.3 Å². The van der Waals surface area contributed by atoms with Gasteiger partial charge in [0.15, 0.2) is 6.61 Å². The molecule has 0 spiro atoms. The van der Waals surface area contributed by atoms with E-state index in [2.05, 4.69) is 15.8 Å². The number of benzene rings is 2. The number of amides is 2. The molecule has 0 saturated carbocycles. The van der Waals surface area contributed by atoms with Crippen LogP contribution in [0.2, 0.25) is 0 Å². The fraction of sp³-hybridized carbons (Fsp3) is 0.190. The topological polar surface area (TPSA) is 89.5 Å². The molecule has 0 aliphatic rings. The van der Waals surface area contributed by atoms with E-state index < -0.39 is 11.8 Å². The van der Waals surface area contributed by atoms with Gasteiger partial charge in [0, 0.05) is 5.56 Å². The fourth-order valence-corrected chi connectivity index (χ4v) is 3.45. The summed E-state index contributed by atoms with van der Waals surface area (Å²) in [6, 6.07) is 16.5. The van der Waals surface area contributed by atoms with Crippen molar-refractivity contribution in [2.45, 2.75) is 13.8 Å². The van der Waals surface area contributed by atoms with Crippen LogP contribution in [0.15, 0.2) is 54.6 Å². The Kier molecular flexibility index (Phi) is 6.80. The zero-order valence-corrected chi connectivity index (χ0v) is 16.9. The van der Waals surface area contributed by atoms with Crippen molar-refractivity contribution in [1.29, 1.82) is 0 Å². The number of carbonyl (C=O) groups excluding carboxylic acids is 2. The van der Waals surface area contributed by atoms with Gasteiger partial charge in [-0.05, 0) is 38.1 Å². The van der Waals surface area contributed by atoms with Crippen LogP contribution in [0.3, 0.4) is 0 Å². The second kappa shape index (κ2) is 9.70. The Bertz CT molecular complexity index is 971. The molecule has 0 bridgehead atoms. The van der Waals surface area contributed by atoms with E-state index >= 15 is 0 Å². The summed E-state index contributed by atoms with van der Waals surface area (Å²) >= 11 is 1.27. The molecular formula is C21H21N3O4S. The molecule has 0 fully saturated rings. The molecule has 0 unspecified atom stereocenters. The Morgan fingerprint density at radius 3 is 2.28 bits per heavy atom. The summed E-state index contributed by atoms with van der Waals surface area (Å²) in [5.41, 5.74) is 6.29. The number of carbonyl (C=O) groups is 2. The van der Waals surface area contributed by atoms with E-state index in [0.717, 1.165) is 16.3 Å². The average Bonchev–Trinajstić information content (AvgIpc) is 3.14. The third-order valence-electron chi connectivity index (χ3n) is 3.84. The number of hydrazine groups is 1. The standard InChI is InChI=1S/C21H21N3O4S/c1-3-27-16-9-11-17(12-10-16)28-13-18(25)23-24-20(26)19-14(2)22-21(29-19)15-7-5-4-6-8-15/h4-12H,3,13H2,1-2H3,(H,23,25)(H,24,26). The summed E-state index contributed by atoms with van der Waals surface area (Å²) in [5, 5.41) is 0.749. The largest absolute Gasteiger partial charge is 0.494 e. The third kappa shape index (κ3) is 5.55. The fourth-order valence-electron chi connectivity index (χ4n) is 2.48. The summed E-state index contributed by atoms with van der Waals surface area (Å²) in [5.74, 6) is 0.362. The first-order chi connectivity index (χ1) is 14.1. The highest BCUT2D eigenvalue weighted by atomic mass is 32.1. The molecule has 3 rings (SSSR count). The summed E-state index contributed by atoms with van der Waals surface area (Å²) in [6.45, 7) is 4.01. The van der Waals surface area contributed by atoms with Gasteiger partial charge in [-0.15, -0.1) is 11.3 Å². The highest BCUT2D eigenvalue weighted by molar-refractivity contribution is 7.17. The lowest BCUT2D eigenvalue weighted by molar-refractivity contribution is -0.123. The molecule has 0 saturated heterocycles. The van der Waals surface area contributed by atoms with Crippen molar-refractivity contribution in [2.24, 2.45) is 0 Å². The van der Waals surface area contributed by atoms with Gasteiger partial charge in [0.2, 0.25) is 0 Å². The molecule has 2 aromatic carbocycles. The first kappa shape index (κ1) is 20.3. The van der Waals surface area contributed by atoms with Crippen molar-refractivity contribution in [3.05, 3.63) is 65.2 Å². The predicted octanol–water partition coefficient (Wildman–Crippen LogP) is 3.36. The summed E-state index contributed by atoms with van der Waals surface area (Å²) in [7, 11) is 0. The maximum Gasteiger partial charge on any atom is 0.281 e. The monoisotopic (exact) mass is 411 g/mol. The molecule has 3 aromatic rings. The first-order valence-corrected chi connectivity index (χ1v) is 9.86. The van der Waals surface area contributed by atoms with Gasteiger partial charge in [-0.2, -0.15) is 0 Å². The van der Waals surface area contributed by atoms with Gasteiger partial charge in [-0.3, -0.25) is 20.4 Å². The molecule has 1 aromatic heterocycles. The molecular weight excluding hydrogens is 390 g/mol. The molecule has 0 radical (unpaired) electrons. The van der Waals surface area contributed by atoms with Gasteiger partial charge in [-0.1, -0.05) is 30.3 Å². The van der Waals surface area contributed by atoms with Gasteiger partial charge < -0.3 is 9.47 Å². The molecule has 150 valence electrons. The van der Waals surface area contributed by atoms with E-state index in [0.29, 0.717) is 22.9 Å². The van der Waals surface area contributed by atoms with E-state index in [1.54, 1.807) is 31.2 Å². The SMILES string of the molecule is CCOc1ccc(OCC(=O)NNC(=O)c2sc(-c3ccccc3)nc2C)cc1. The van der Waals surface area contributed by atoms with E-state index in [4.69, 9.17) is 9.47 Å². The molecule has 2 amide bonds. The first-order valence-electron chi connectivity index (χ1n) is 9.04. The Morgan fingerprint density at radius 1 is 0.966 bits per heavy atom. The van der Waals surface area contributed by atoms with Crippen molar-refractivity contribution in [2.75, 3.05) is 13.2 Å². The van der Waals surface area contributed by atoms with Gasteiger partial charge in [0.1, 0.15) is 21.4 Å². The lowest BCUT2D eigenvalue weighted by atomic mass is 10.2. The number of rotatable bonds is 7. The number of nitrogens with zero attached hydrogens (tertiary/aromatic N) is 1. The Labute approximate surface area is 172 Å². The van der Waals surface area contributed by atoms with Crippen molar-refractivity contribution < 1.29 is 19.1 Å². The highest BCUT2D eigenvalue weighted by Gasteiger charge is 2.16. The number of hydrogen-bond acceptors (Lipinski definition) is 6. The highest BCUT2D eigenvalue weighted by Crippen LogP contribution is 2.27. The minimum Gasteiger partial charge on any atom is -0.494 e. The molecule has 7 nitrogen and oxygen atoms in total. The minimum atomic E-state index is -0.474. The van der Waals surface area contributed by atoms with E-state index in [-0.39, 0.29) is 6.61 Å². The lowest BCUT2D eigenvalue weighted by Crippen LogP contribution is -2.43. The number of aryl methyl sites for hydroxylation is 1. The zero-order chi connectivity index (χ0) is 20.6. The predicted molar refractivity (Wildman–Crippen MR) is 111 cm³/mol. The van der Waals surface area contributed by atoms with Crippen LogP contribution in [0.5, 0.6) is 11.5 Å². The molecule has 2 N–H and O–H groups in total. The van der Waals surface area contributed by atoms with Crippen LogP contribution in [-0.2, 0) is 4.79 Å². The minimum absolute atomic E-state index is 0.231. The van der Waals surface area contributed by atoms with E-state index in [9.17, 15) is 9.59 Å². The van der Waals surface area contributed by atoms with Crippen LogP contribution in [0.4, 0.5) is 0 Å². The van der Waals surface area contributed by atoms with Gasteiger partial charge in [-0.25, -0.2) is 4.98 Å². The summed E-state index contributed by atoms with van der Waals surface area (Å²) in [4.78, 5) is 29.2. The average molecular weight is 411 g/mol. The van der Waals surface area contributed by atoms with Crippen molar-refractivity contribution in [3.63, 3.8) is 0 Å². The quantitative estimate of drug-likeness (QED) is 0.582. The van der Waals surface area contributed by atoms with E-state index in [1.165, 1.54) is 11.3 Å². The maximum absolute atomic E-state index is 12.4. The van der Waals surface area contributed by atoms with Gasteiger partial charge in [0.25, 0.3) is 11.8 Å². The van der Waals surface area contributed by atoms with Crippen molar-refractivity contribution in [3.8, 4) is 22.1 Å². The van der Waals surface area contributed by atoms with Crippen LogP contribution in [-0.4, -0.2) is 30.0 Å². The second-order valence-corrected chi connectivity index (χ2v) is 6.99. The molecule has 8 heteroatoms. The van der Waals surface area contributed by atoms with Crippen molar-refractivity contribution >= 4 is 23.2 Å². The Balaban J connectivity index is 1.50. The van der Waals surface area contributed by atoms with Crippen LogP contribution in [0.1, 0.15) is 22.3 Å². The second-order valence-electron chi connectivity index (χ2n) is 5.99. The number of hydrogen-bond donors (Lipinski definition) is 2. The zero-order valence-electron chi connectivity index (χ0n) is 16.1. The van der Waals surface area contributed by atoms with Crippen molar-refractivity contribution in [1.82, 2.24) is 15.8 Å². The lowest BCUT2D eigenvalue weighted by Gasteiger charge is -2.09.